The zero-order valence-electron chi connectivity index (χ0n) is 19.6. The minimum atomic E-state index is -0.0133. The molecule has 1 saturated heterocycles. The van der Waals surface area contributed by atoms with Crippen LogP contribution >= 0.6 is 0 Å². The van der Waals surface area contributed by atoms with E-state index in [1.807, 2.05) is 44.2 Å². The van der Waals surface area contributed by atoms with Crippen molar-refractivity contribution in [2.75, 3.05) is 39.5 Å². The molecule has 0 spiro atoms. The van der Waals surface area contributed by atoms with Crippen LogP contribution in [0.2, 0.25) is 0 Å². The Balaban J connectivity index is 1.27. The Hall–Kier alpha value is -3.49. The lowest BCUT2D eigenvalue weighted by Gasteiger charge is -2.26. The summed E-state index contributed by atoms with van der Waals surface area (Å²) in [6.45, 7) is 8.86. The molecule has 4 aromatic rings. The fourth-order valence-electron chi connectivity index (χ4n) is 4.21. The molecule has 8 nitrogen and oxygen atoms in total. The summed E-state index contributed by atoms with van der Waals surface area (Å²) in [5.74, 6) is 0.828. The van der Waals surface area contributed by atoms with Crippen molar-refractivity contribution in [3.8, 4) is 17.0 Å². The Morgan fingerprint density at radius 3 is 2.82 bits per heavy atom. The fourth-order valence-corrected chi connectivity index (χ4v) is 4.21. The van der Waals surface area contributed by atoms with Gasteiger partial charge in [0.15, 0.2) is 5.78 Å². The first-order valence-electron chi connectivity index (χ1n) is 11.6. The van der Waals surface area contributed by atoms with Crippen LogP contribution in [0.1, 0.15) is 27.3 Å². The van der Waals surface area contributed by atoms with Crippen LogP contribution < -0.4 is 4.74 Å². The Bertz CT molecular complexity index is 1300. The molecule has 3 aromatic heterocycles. The predicted octanol–water partition coefficient (Wildman–Crippen LogP) is 3.71. The summed E-state index contributed by atoms with van der Waals surface area (Å²) in [5.41, 5.74) is 5.96. The van der Waals surface area contributed by atoms with Gasteiger partial charge in [-0.1, -0.05) is 12.1 Å². The molecule has 0 aliphatic carbocycles. The number of aromatic amines is 2. The highest BCUT2D eigenvalue weighted by Crippen LogP contribution is 2.27. The van der Waals surface area contributed by atoms with Gasteiger partial charge in [-0.05, 0) is 43.7 Å². The summed E-state index contributed by atoms with van der Waals surface area (Å²) in [4.78, 5) is 23.0. The second-order valence-corrected chi connectivity index (χ2v) is 8.72. The van der Waals surface area contributed by atoms with Crippen molar-refractivity contribution in [1.29, 1.82) is 0 Å². The Morgan fingerprint density at radius 1 is 1.18 bits per heavy atom. The third-order valence-corrected chi connectivity index (χ3v) is 6.33. The summed E-state index contributed by atoms with van der Waals surface area (Å²) in [5, 5.41) is 8.00. The number of ether oxygens (including phenoxy) is 2. The zero-order chi connectivity index (χ0) is 23.5. The molecule has 0 atom stereocenters. The minimum Gasteiger partial charge on any atom is -0.492 e. The van der Waals surface area contributed by atoms with Crippen LogP contribution in [0.3, 0.4) is 0 Å². The van der Waals surface area contributed by atoms with Crippen molar-refractivity contribution < 1.29 is 14.3 Å². The molecule has 0 saturated carbocycles. The molecular formula is C26H29N5O3. The van der Waals surface area contributed by atoms with Crippen LogP contribution in [0.5, 0.6) is 5.75 Å². The van der Waals surface area contributed by atoms with Gasteiger partial charge >= 0.3 is 0 Å². The molecule has 1 aliphatic rings. The number of rotatable bonds is 8. The van der Waals surface area contributed by atoms with Crippen LogP contribution in [0.15, 0.2) is 42.6 Å². The van der Waals surface area contributed by atoms with E-state index in [1.54, 1.807) is 6.20 Å². The number of nitrogens with zero attached hydrogens (tertiary/aromatic N) is 3. The quantitative estimate of drug-likeness (QED) is 0.390. The van der Waals surface area contributed by atoms with Crippen molar-refractivity contribution in [3.05, 3.63) is 65.1 Å². The van der Waals surface area contributed by atoms with Gasteiger partial charge in [-0.2, -0.15) is 5.10 Å². The third-order valence-electron chi connectivity index (χ3n) is 6.33. The molecule has 0 unspecified atom stereocenters. The smallest absolute Gasteiger partial charge is 0.187 e. The van der Waals surface area contributed by atoms with Crippen LogP contribution in [-0.4, -0.2) is 70.3 Å². The van der Waals surface area contributed by atoms with E-state index in [4.69, 9.17) is 9.47 Å². The molecule has 0 radical (unpaired) electrons. The number of hydrogen-bond donors (Lipinski definition) is 2. The first-order valence-corrected chi connectivity index (χ1v) is 11.6. The van der Waals surface area contributed by atoms with E-state index in [-0.39, 0.29) is 12.2 Å². The van der Waals surface area contributed by atoms with Gasteiger partial charge in [-0.15, -0.1) is 0 Å². The maximum absolute atomic E-state index is 12.7. The Labute approximate surface area is 198 Å². The summed E-state index contributed by atoms with van der Waals surface area (Å²) < 4.78 is 11.4. The number of carbonyl (C=O) groups is 1. The second kappa shape index (κ2) is 9.79. The van der Waals surface area contributed by atoms with Gasteiger partial charge < -0.3 is 14.5 Å². The van der Waals surface area contributed by atoms with Crippen molar-refractivity contribution in [3.63, 3.8) is 0 Å². The third kappa shape index (κ3) is 4.88. The normalized spacial score (nSPS) is 14.5. The average Bonchev–Trinajstić information content (AvgIpc) is 3.43. The van der Waals surface area contributed by atoms with E-state index in [0.29, 0.717) is 12.3 Å². The van der Waals surface area contributed by atoms with Crippen LogP contribution in [-0.2, 0) is 11.2 Å². The van der Waals surface area contributed by atoms with Gasteiger partial charge in [0.2, 0.25) is 0 Å². The fraction of sp³-hybridized carbons (Fsp3) is 0.346. The number of H-pyrrole nitrogens is 2. The lowest BCUT2D eigenvalue weighted by molar-refractivity contribution is 0.0322. The standard InChI is InChI=1S/C26H29N5O3/c1-17-18(2)29-30-25(17)24(32)13-19-12-21-15-23(28-26(21)27-16-19)20-4-3-5-22(14-20)34-11-8-31-6-9-33-10-7-31/h3-5,12,14-16H,6-11,13H2,1-2H3,(H,27,28)(H,29,30). The molecule has 5 rings (SSSR count). The Kier molecular flexibility index (Phi) is 6.42. The van der Waals surface area contributed by atoms with Crippen molar-refractivity contribution in [1.82, 2.24) is 25.1 Å². The summed E-state index contributed by atoms with van der Waals surface area (Å²) in [6, 6.07) is 12.1. The number of morpholine rings is 1. The number of fused-ring (bicyclic) bond motifs is 1. The molecule has 4 heterocycles. The average molecular weight is 460 g/mol. The number of ketones is 1. The molecule has 1 aliphatic heterocycles. The number of Topliss-reactive ketones (excluding diaryl/α,β-unsaturated/α-hetero) is 1. The Morgan fingerprint density at radius 2 is 2.03 bits per heavy atom. The predicted molar refractivity (Wildman–Crippen MR) is 130 cm³/mol. The number of aromatic nitrogens is 4. The van der Waals surface area contributed by atoms with E-state index < -0.39 is 0 Å². The van der Waals surface area contributed by atoms with E-state index in [2.05, 4.69) is 31.1 Å². The molecular weight excluding hydrogens is 430 g/mol. The number of pyridine rings is 1. The largest absolute Gasteiger partial charge is 0.492 e. The maximum Gasteiger partial charge on any atom is 0.187 e. The first-order chi connectivity index (χ1) is 16.6. The van der Waals surface area contributed by atoms with E-state index >= 15 is 0 Å². The topological polar surface area (TPSA) is 96.1 Å². The monoisotopic (exact) mass is 459 g/mol. The number of carbonyl (C=O) groups excluding carboxylic acids is 1. The van der Waals surface area contributed by atoms with Gasteiger partial charge in [-0.25, -0.2) is 4.98 Å². The van der Waals surface area contributed by atoms with Gasteiger partial charge in [-0.3, -0.25) is 14.8 Å². The summed E-state index contributed by atoms with van der Waals surface area (Å²) in [6.07, 6.45) is 2.02. The number of nitrogens with one attached hydrogen (secondary N) is 2. The molecule has 8 heteroatoms. The molecule has 34 heavy (non-hydrogen) atoms. The zero-order valence-corrected chi connectivity index (χ0v) is 19.6. The molecule has 2 N–H and O–H groups in total. The molecule has 176 valence electrons. The van der Waals surface area contributed by atoms with Crippen LogP contribution in [0, 0.1) is 13.8 Å². The maximum atomic E-state index is 12.7. The van der Waals surface area contributed by atoms with E-state index in [9.17, 15) is 4.79 Å². The highest BCUT2D eigenvalue weighted by atomic mass is 16.5. The van der Waals surface area contributed by atoms with Gasteiger partial charge in [0.05, 0.1) is 13.2 Å². The number of hydrogen-bond acceptors (Lipinski definition) is 6. The second-order valence-electron chi connectivity index (χ2n) is 8.72. The molecule has 0 amide bonds. The summed E-state index contributed by atoms with van der Waals surface area (Å²) in [7, 11) is 0. The van der Waals surface area contributed by atoms with Crippen LogP contribution in [0.25, 0.3) is 22.3 Å². The molecule has 0 bridgehead atoms. The number of benzene rings is 1. The van der Waals surface area contributed by atoms with Crippen LogP contribution in [0.4, 0.5) is 0 Å². The van der Waals surface area contributed by atoms with Crippen molar-refractivity contribution in [2.24, 2.45) is 0 Å². The first kappa shape index (κ1) is 22.3. The minimum absolute atomic E-state index is 0.0133. The SMILES string of the molecule is Cc1[nH]nc(C(=O)Cc2cnc3[nH]c(-c4cccc(OCCN5CCOCC5)c4)cc3c2)c1C. The molecule has 1 aromatic carbocycles. The highest BCUT2D eigenvalue weighted by molar-refractivity contribution is 5.97. The van der Waals surface area contributed by atoms with E-state index in [0.717, 1.165) is 77.7 Å². The number of aryl methyl sites for hydroxylation is 1. The highest BCUT2D eigenvalue weighted by Gasteiger charge is 2.16. The van der Waals surface area contributed by atoms with E-state index in [1.165, 1.54) is 0 Å². The lowest BCUT2D eigenvalue weighted by Crippen LogP contribution is -2.38. The van der Waals surface area contributed by atoms with Gasteiger partial charge in [0, 0.05) is 60.2 Å². The van der Waals surface area contributed by atoms with Crippen molar-refractivity contribution in [2.45, 2.75) is 20.3 Å². The van der Waals surface area contributed by atoms with Gasteiger partial charge in [0.1, 0.15) is 23.7 Å². The summed E-state index contributed by atoms with van der Waals surface area (Å²) >= 11 is 0. The van der Waals surface area contributed by atoms with Crippen molar-refractivity contribution >= 4 is 16.8 Å². The molecule has 1 fully saturated rings. The van der Waals surface area contributed by atoms with Gasteiger partial charge in [0.25, 0.3) is 0 Å². The lowest BCUT2D eigenvalue weighted by atomic mass is 10.0.